The van der Waals surface area contributed by atoms with E-state index in [1.165, 1.54) is 16.7 Å². The van der Waals surface area contributed by atoms with E-state index in [0.717, 1.165) is 12.8 Å². The number of aromatic nitrogens is 2. The molecule has 1 atom stereocenters. The summed E-state index contributed by atoms with van der Waals surface area (Å²) in [7, 11) is -3.54. The Hall–Kier alpha value is -0.960. The Labute approximate surface area is 125 Å². The van der Waals surface area contributed by atoms with Crippen molar-refractivity contribution in [2.24, 2.45) is 0 Å². The lowest BCUT2D eigenvalue weighted by Gasteiger charge is -2.22. The van der Waals surface area contributed by atoms with E-state index in [1.807, 2.05) is 6.92 Å². The van der Waals surface area contributed by atoms with Gasteiger partial charge in [-0.25, -0.2) is 8.42 Å². The van der Waals surface area contributed by atoms with Gasteiger partial charge in [-0.2, -0.15) is 9.40 Å². The summed E-state index contributed by atoms with van der Waals surface area (Å²) in [6.07, 6.45) is 5.32. The zero-order valence-electron chi connectivity index (χ0n) is 12.3. The smallest absolute Gasteiger partial charge is 0.246 e. The van der Waals surface area contributed by atoms with Gasteiger partial charge in [0.25, 0.3) is 0 Å². The van der Waals surface area contributed by atoms with Crippen LogP contribution in [-0.2, 0) is 21.3 Å². The Morgan fingerprint density at radius 3 is 3.00 bits per heavy atom. The van der Waals surface area contributed by atoms with Gasteiger partial charge in [0.05, 0.1) is 12.3 Å². The van der Waals surface area contributed by atoms with E-state index < -0.39 is 10.0 Å². The predicted octanol–water partition coefficient (Wildman–Crippen LogP) is 0.455. The normalized spacial score (nSPS) is 19.5. The molecule has 1 aromatic rings. The zero-order chi connectivity index (χ0) is 15.3. The second-order valence-electron chi connectivity index (χ2n) is 5.11. The highest BCUT2D eigenvalue weighted by Crippen LogP contribution is 2.19. The third-order valence-corrected chi connectivity index (χ3v) is 5.47. The summed E-state index contributed by atoms with van der Waals surface area (Å²) >= 11 is 0. The molecule has 0 radical (unpaired) electrons. The van der Waals surface area contributed by atoms with Crippen LogP contribution in [0.2, 0.25) is 0 Å². The van der Waals surface area contributed by atoms with Crippen LogP contribution in [0.1, 0.15) is 26.2 Å². The fraction of sp³-hybridized carbons (Fsp3) is 0.769. The number of rotatable bonds is 8. The highest BCUT2D eigenvalue weighted by Gasteiger charge is 2.28. The summed E-state index contributed by atoms with van der Waals surface area (Å²) in [4.78, 5) is 0.195. The molecule has 1 aromatic heterocycles. The SMILES string of the molecule is CCN(CC1CCCO1)S(=O)(=O)c1cnn(CCCO)c1. The quantitative estimate of drug-likeness (QED) is 0.753. The van der Waals surface area contributed by atoms with Gasteiger partial charge in [-0.15, -0.1) is 0 Å². The third-order valence-electron chi connectivity index (χ3n) is 3.58. The molecule has 0 aromatic carbocycles. The second kappa shape index (κ2) is 7.35. The average Bonchev–Trinajstić information content (AvgIpc) is 3.13. The van der Waals surface area contributed by atoms with E-state index in [-0.39, 0.29) is 17.6 Å². The maximum atomic E-state index is 12.6. The Morgan fingerprint density at radius 2 is 2.38 bits per heavy atom. The summed E-state index contributed by atoms with van der Waals surface area (Å²) < 4.78 is 33.7. The first-order valence-corrected chi connectivity index (χ1v) is 8.77. The number of sulfonamides is 1. The Bertz CT molecular complexity index is 537. The van der Waals surface area contributed by atoms with Crippen molar-refractivity contribution < 1.29 is 18.3 Å². The minimum atomic E-state index is -3.54. The van der Waals surface area contributed by atoms with Gasteiger partial charge in [0.15, 0.2) is 0 Å². The van der Waals surface area contributed by atoms with Crippen molar-refractivity contribution in [3.8, 4) is 0 Å². The predicted molar refractivity (Wildman–Crippen MR) is 77.3 cm³/mol. The molecule has 0 spiro atoms. The van der Waals surface area contributed by atoms with E-state index in [1.54, 1.807) is 4.68 Å². The molecule has 2 heterocycles. The number of aryl methyl sites for hydroxylation is 1. The summed E-state index contributed by atoms with van der Waals surface area (Å²) in [5, 5.41) is 12.8. The molecule has 1 unspecified atom stereocenters. The molecule has 0 aliphatic carbocycles. The van der Waals surface area contributed by atoms with Crippen molar-refractivity contribution in [1.29, 1.82) is 0 Å². The number of hydrogen-bond acceptors (Lipinski definition) is 5. The Balaban J connectivity index is 2.08. The number of hydrogen-bond donors (Lipinski definition) is 1. The summed E-state index contributed by atoms with van der Waals surface area (Å²) in [6, 6.07) is 0. The highest BCUT2D eigenvalue weighted by atomic mass is 32.2. The van der Waals surface area contributed by atoms with Crippen LogP contribution in [0.5, 0.6) is 0 Å². The fourth-order valence-corrected chi connectivity index (χ4v) is 3.83. The van der Waals surface area contributed by atoms with Crippen LogP contribution in [0.4, 0.5) is 0 Å². The number of nitrogens with zero attached hydrogens (tertiary/aromatic N) is 3. The number of ether oxygens (including phenoxy) is 1. The topological polar surface area (TPSA) is 84.7 Å². The van der Waals surface area contributed by atoms with Crippen molar-refractivity contribution in [2.45, 2.75) is 43.7 Å². The molecule has 120 valence electrons. The molecule has 2 rings (SSSR count). The molecule has 0 amide bonds. The van der Waals surface area contributed by atoms with Gasteiger partial charge in [-0.3, -0.25) is 4.68 Å². The van der Waals surface area contributed by atoms with Crippen LogP contribution in [0.15, 0.2) is 17.3 Å². The minimum Gasteiger partial charge on any atom is -0.396 e. The monoisotopic (exact) mass is 317 g/mol. The van der Waals surface area contributed by atoms with E-state index in [2.05, 4.69) is 5.10 Å². The van der Waals surface area contributed by atoms with Crippen LogP contribution >= 0.6 is 0 Å². The zero-order valence-corrected chi connectivity index (χ0v) is 13.1. The standard InChI is InChI=1S/C13H23N3O4S/c1-2-16(10-12-5-3-8-20-12)21(18,19)13-9-14-15(11-13)6-4-7-17/h9,11-12,17H,2-8,10H2,1H3. The van der Waals surface area contributed by atoms with Gasteiger partial charge in [0, 0.05) is 39.0 Å². The van der Waals surface area contributed by atoms with Crippen LogP contribution in [-0.4, -0.2) is 60.0 Å². The molecule has 21 heavy (non-hydrogen) atoms. The Kier molecular flexibility index (Phi) is 5.74. The lowest BCUT2D eigenvalue weighted by Crippen LogP contribution is -2.37. The largest absolute Gasteiger partial charge is 0.396 e. The van der Waals surface area contributed by atoms with Gasteiger partial charge in [-0.05, 0) is 19.3 Å². The first kappa shape index (κ1) is 16.4. The van der Waals surface area contributed by atoms with Gasteiger partial charge in [-0.1, -0.05) is 6.92 Å². The molecule has 0 bridgehead atoms. The van der Waals surface area contributed by atoms with Crippen LogP contribution in [0, 0.1) is 0 Å². The van der Waals surface area contributed by atoms with E-state index >= 15 is 0 Å². The highest BCUT2D eigenvalue weighted by molar-refractivity contribution is 7.89. The number of aliphatic hydroxyl groups excluding tert-OH is 1. The summed E-state index contributed by atoms with van der Waals surface area (Å²) in [5.74, 6) is 0. The molecule has 1 aliphatic rings. The van der Waals surface area contributed by atoms with E-state index in [0.29, 0.717) is 32.7 Å². The van der Waals surface area contributed by atoms with E-state index in [4.69, 9.17) is 9.84 Å². The van der Waals surface area contributed by atoms with Crippen molar-refractivity contribution in [1.82, 2.24) is 14.1 Å². The van der Waals surface area contributed by atoms with Crippen LogP contribution < -0.4 is 0 Å². The molecule has 8 heteroatoms. The average molecular weight is 317 g/mol. The molecule has 1 aliphatic heterocycles. The Morgan fingerprint density at radius 1 is 1.57 bits per heavy atom. The van der Waals surface area contributed by atoms with Crippen LogP contribution in [0.25, 0.3) is 0 Å². The van der Waals surface area contributed by atoms with Gasteiger partial charge < -0.3 is 9.84 Å². The minimum absolute atomic E-state index is 0.0100. The van der Waals surface area contributed by atoms with Crippen molar-refractivity contribution >= 4 is 10.0 Å². The molecule has 0 saturated carbocycles. The molecule has 1 N–H and O–H groups in total. The first-order chi connectivity index (χ1) is 10.1. The molecule has 7 nitrogen and oxygen atoms in total. The summed E-state index contributed by atoms with van der Waals surface area (Å²) in [6.45, 7) is 3.89. The number of likely N-dealkylation sites (N-methyl/N-ethyl adjacent to an activating group) is 1. The molecule has 1 fully saturated rings. The molecular formula is C13H23N3O4S. The van der Waals surface area contributed by atoms with Gasteiger partial charge in [0.2, 0.25) is 10.0 Å². The molecular weight excluding hydrogens is 294 g/mol. The van der Waals surface area contributed by atoms with Crippen molar-refractivity contribution in [3.05, 3.63) is 12.4 Å². The maximum Gasteiger partial charge on any atom is 0.246 e. The van der Waals surface area contributed by atoms with Crippen molar-refractivity contribution in [2.75, 3.05) is 26.3 Å². The second-order valence-corrected chi connectivity index (χ2v) is 7.04. The van der Waals surface area contributed by atoms with Crippen LogP contribution in [0.3, 0.4) is 0 Å². The van der Waals surface area contributed by atoms with Gasteiger partial charge >= 0.3 is 0 Å². The third kappa shape index (κ3) is 4.03. The molecule has 1 saturated heterocycles. The van der Waals surface area contributed by atoms with Gasteiger partial charge in [0.1, 0.15) is 4.90 Å². The number of aliphatic hydroxyl groups is 1. The summed E-state index contributed by atoms with van der Waals surface area (Å²) in [5.41, 5.74) is 0. The fourth-order valence-electron chi connectivity index (χ4n) is 2.39. The lowest BCUT2D eigenvalue weighted by atomic mass is 10.2. The first-order valence-electron chi connectivity index (χ1n) is 7.33. The lowest BCUT2D eigenvalue weighted by molar-refractivity contribution is 0.0947. The van der Waals surface area contributed by atoms with Crippen molar-refractivity contribution in [3.63, 3.8) is 0 Å². The maximum absolute atomic E-state index is 12.6. The van der Waals surface area contributed by atoms with E-state index in [9.17, 15) is 8.42 Å².